The number of aromatic nitrogens is 6. The third-order valence-corrected chi connectivity index (χ3v) is 8.78. The first-order valence-corrected chi connectivity index (χ1v) is 13.1. The van der Waals surface area contributed by atoms with Crippen molar-refractivity contribution in [1.82, 2.24) is 29.9 Å². The monoisotopic (exact) mass is 494 g/mol. The zero-order chi connectivity index (χ0) is 24.3. The number of nitrogens with two attached hydrogens (primary N) is 1. The standard InChI is InChI=1S/C27H26N8S/c1-16-6-10-30-22-19(7-11-29-21(16)22)36-20-15-31-24-25(32-20)34-26(33-24)35-12-8-27(9-13-35)14-17-4-2-3-5-18(17)23(27)28/h2-7,10-11,15,23H,8-9,12-14,28H2,1H3,(H,31,32,33,34)/t23-/m1/s1. The Hall–Kier alpha value is -3.56. The highest BCUT2D eigenvalue weighted by molar-refractivity contribution is 7.99. The quantitative estimate of drug-likeness (QED) is 0.375. The van der Waals surface area contributed by atoms with Crippen LogP contribution in [0.3, 0.4) is 0 Å². The highest BCUT2D eigenvalue weighted by atomic mass is 32.2. The van der Waals surface area contributed by atoms with Gasteiger partial charge in [0.1, 0.15) is 10.5 Å². The van der Waals surface area contributed by atoms with Crippen LogP contribution in [-0.2, 0) is 6.42 Å². The van der Waals surface area contributed by atoms with E-state index in [9.17, 15) is 0 Å². The minimum atomic E-state index is 0.108. The molecule has 8 nitrogen and oxygen atoms in total. The van der Waals surface area contributed by atoms with Gasteiger partial charge in [-0.15, -0.1) is 0 Å². The Morgan fingerprint density at radius 3 is 2.67 bits per heavy atom. The number of nitrogens with one attached hydrogen (secondary N) is 1. The Morgan fingerprint density at radius 2 is 1.81 bits per heavy atom. The van der Waals surface area contributed by atoms with E-state index in [1.165, 1.54) is 22.9 Å². The van der Waals surface area contributed by atoms with Gasteiger partial charge < -0.3 is 15.6 Å². The van der Waals surface area contributed by atoms with Gasteiger partial charge in [-0.1, -0.05) is 36.0 Å². The number of fused-ring (bicyclic) bond motifs is 3. The van der Waals surface area contributed by atoms with Gasteiger partial charge in [-0.2, -0.15) is 4.98 Å². The number of imidazole rings is 1. The van der Waals surface area contributed by atoms with Crippen molar-refractivity contribution in [3.05, 3.63) is 71.7 Å². The van der Waals surface area contributed by atoms with E-state index in [0.717, 1.165) is 64.8 Å². The van der Waals surface area contributed by atoms with Crippen LogP contribution in [0.2, 0.25) is 0 Å². The van der Waals surface area contributed by atoms with Crippen LogP contribution in [-0.4, -0.2) is 43.0 Å². The summed E-state index contributed by atoms with van der Waals surface area (Å²) in [6.07, 6.45) is 8.58. The second-order valence-electron chi connectivity index (χ2n) is 9.88. The molecule has 36 heavy (non-hydrogen) atoms. The van der Waals surface area contributed by atoms with Crippen LogP contribution < -0.4 is 10.6 Å². The van der Waals surface area contributed by atoms with Gasteiger partial charge in [0.15, 0.2) is 11.3 Å². The van der Waals surface area contributed by atoms with Crippen molar-refractivity contribution in [3.8, 4) is 0 Å². The van der Waals surface area contributed by atoms with Crippen molar-refractivity contribution in [1.29, 1.82) is 0 Å². The molecule has 9 heteroatoms. The van der Waals surface area contributed by atoms with Crippen LogP contribution >= 0.6 is 11.8 Å². The second-order valence-corrected chi connectivity index (χ2v) is 10.9. The normalized spacial score (nSPS) is 18.8. The number of hydrogen-bond acceptors (Lipinski definition) is 8. The van der Waals surface area contributed by atoms with E-state index in [2.05, 4.69) is 49.1 Å². The SMILES string of the molecule is Cc1ccnc2c(Sc3cnc4[nH]c(N5CCC6(CC5)Cc5ccccc5[C@H]6N)nc4n3)ccnc12. The molecule has 1 atom stereocenters. The maximum Gasteiger partial charge on any atom is 0.206 e. The smallest absolute Gasteiger partial charge is 0.206 e. The van der Waals surface area contributed by atoms with Crippen molar-refractivity contribution >= 4 is 40.0 Å². The molecular weight excluding hydrogens is 468 g/mol. The summed E-state index contributed by atoms with van der Waals surface area (Å²) < 4.78 is 0. The predicted octanol–water partition coefficient (Wildman–Crippen LogP) is 4.60. The molecule has 5 aromatic rings. The maximum absolute atomic E-state index is 6.75. The molecule has 0 saturated carbocycles. The number of pyridine rings is 2. The average molecular weight is 495 g/mol. The Labute approximate surface area is 212 Å². The molecule has 1 fully saturated rings. The molecule has 4 aromatic heterocycles. The molecule has 1 saturated heterocycles. The summed E-state index contributed by atoms with van der Waals surface area (Å²) in [6.45, 7) is 3.87. The van der Waals surface area contributed by atoms with Crippen molar-refractivity contribution in [2.24, 2.45) is 11.1 Å². The summed E-state index contributed by atoms with van der Waals surface area (Å²) in [5.74, 6) is 0.831. The number of aryl methyl sites for hydroxylation is 1. The number of anilines is 1. The third kappa shape index (κ3) is 3.45. The molecule has 0 bridgehead atoms. The highest BCUT2D eigenvalue weighted by Gasteiger charge is 2.46. The van der Waals surface area contributed by atoms with Crippen LogP contribution in [0.4, 0.5) is 5.95 Å². The molecule has 0 amide bonds. The summed E-state index contributed by atoms with van der Waals surface area (Å²) in [4.78, 5) is 29.9. The molecule has 3 N–H and O–H groups in total. The molecule has 180 valence electrons. The third-order valence-electron chi connectivity index (χ3n) is 7.83. The number of nitrogens with zero attached hydrogens (tertiary/aromatic N) is 6. The largest absolute Gasteiger partial charge is 0.342 e. The van der Waals surface area contributed by atoms with Crippen molar-refractivity contribution in [3.63, 3.8) is 0 Å². The van der Waals surface area contributed by atoms with E-state index in [1.54, 1.807) is 6.20 Å². The number of hydrogen-bond donors (Lipinski definition) is 2. The fourth-order valence-electron chi connectivity index (χ4n) is 5.78. The van der Waals surface area contributed by atoms with Crippen LogP contribution in [0.15, 0.2) is 64.9 Å². The van der Waals surface area contributed by atoms with Crippen molar-refractivity contribution in [2.75, 3.05) is 18.0 Å². The minimum Gasteiger partial charge on any atom is -0.342 e. The zero-order valence-corrected chi connectivity index (χ0v) is 20.8. The number of benzene rings is 1. The lowest BCUT2D eigenvalue weighted by Crippen LogP contribution is -2.44. The lowest BCUT2D eigenvalue weighted by molar-refractivity contribution is 0.187. The fourth-order valence-corrected chi connectivity index (χ4v) is 6.62. The van der Waals surface area contributed by atoms with E-state index in [0.29, 0.717) is 11.3 Å². The lowest BCUT2D eigenvalue weighted by Gasteiger charge is -2.42. The van der Waals surface area contributed by atoms with Gasteiger partial charge in [0.25, 0.3) is 0 Å². The average Bonchev–Trinajstić information content (AvgIpc) is 3.44. The van der Waals surface area contributed by atoms with Gasteiger partial charge in [0, 0.05) is 36.4 Å². The van der Waals surface area contributed by atoms with Crippen molar-refractivity contribution < 1.29 is 0 Å². The summed E-state index contributed by atoms with van der Waals surface area (Å²) in [5.41, 5.74) is 13.8. The van der Waals surface area contributed by atoms with Gasteiger partial charge in [0.05, 0.1) is 11.7 Å². The van der Waals surface area contributed by atoms with E-state index < -0.39 is 0 Å². The van der Waals surface area contributed by atoms with E-state index >= 15 is 0 Å². The van der Waals surface area contributed by atoms with Gasteiger partial charge in [0.2, 0.25) is 5.95 Å². The first kappa shape index (κ1) is 21.7. The predicted molar refractivity (Wildman–Crippen MR) is 141 cm³/mol. The van der Waals surface area contributed by atoms with Crippen LogP contribution in [0.1, 0.15) is 35.6 Å². The van der Waals surface area contributed by atoms with E-state index in [4.69, 9.17) is 15.7 Å². The lowest BCUT2D eigenvalue weighted by atomic mass is 9.73. The molecular formula is C27H26N8S. The molecule has 2 aliphatic rings. The number of H-pyrrole nitrogens is 1. The minimum absolute atomic E-state index is 0.108. The number of rotatable bonds is 3. The topological polar surface area (TPSA) is 110 Å². The Balaban J connectivity index is 1.11. The van der Waals surface area contributed by atoms with Crippen LogP contribution in [0, 0.1) is 12.3 Å². The molecule has 7 rings (SSSR count). The number of aromatic amines is 1. The molecule has 0 unspecified atom stereocenters. The summed E-state index contributed by atoms with van der Waals surface area (Å²) in [5, 5.41) is 0.781. The summed E-state index contributed by atoms with van der Waals surface area (Å²) in [7, 11) is 0. The van der Waals surface area contributed by atoms with Crippen molar-refractivity contribution in [2.45, 2.75) is 42.1 Å². The molecule has 1 aromatic carbocycles. The first-order valence-electron chi connectivity index (χ1n) is 12.3. The fraction of sp³-hybridized carbons (Fsp3) is 0.296. The molecule has 0 radical (unpaired) electrons. The van der Waals surface area contributed by atoms with Gasteiger partial charge in [-0.05, 0) is 60.4 Å². The Kier molecular flexibility index (Phi) is 4.97. The first-order chi connectivity index (χ1) is 17.6. The second kappa shape index (κ2) is 8.25. The Bertz CT molecular complexity index is 1600. The molecule has 5 heterocycles. The molecule has 1 aliphatic carbocycles. The zero-order valence-electron chi connectivity index (χ0n) is 20.0. The maximum atomic E-state index is 6.75. The summed E-state index contributed by atoms with van der Waals surface area (Å²) in [6, 6.07) is 12.7. The van der Waals surface area contributed by atoms with Gasteiger partial charge >= 0.3 is 0 Å². The van der Waals surface area contributed by atoms with E-state index in [1.807, 2.05) is 31.5 Å². The highest BCUT2D eigenvalue weighted by Crippen LogP contribution is 2.50. The van der Waals surface area contributed by atoms with Crippen LogP contribution in [0.5, 0.6) is 0 Å². The summed E-state index contributed by atoms with van der Waals surface area (Å²) >= 11 is 1.53. The molecule has 1 spiro atoms. The van der Waals surface area contributed by atoms with Gasteiger partial charge in [-0.25, -0.2) is 9.97 Å². The molecule has 1 aliphatic heterocycles. The van der Waals surface area contributed by atoms with Gasteiger partial charge in [-0.3, -0.25) is 9.97 Å². The number of piperidine rings is 1. The van der Waals surface area contributed by atoms with Crippen LogP contribution in [0.25, 0.3) is 22.3 Å². The Morgan fingerprint density at radius 1 is 1.00 bits per heavy atom. The van der Waals surface area contributed by atoms with E-state index in [-0.39, 0.29) is 11.5 Å².